The second-order valence-electron chi connectivity index (χ2n) is 8.61. The monoisotopic (exact) mass is 408 g/mol. The van der Waals surface area contributed by atoms with E-state index in [4.69, 9.17) is 16.3 Å². The zero-order chi connectivity index (χ0) is 20.5. The van der Waals surface area contributed by atoms with Gasteiger partial charge in [0, 0.05) is 18.1 Å². The number of fused-ring (bicyclic) bond motifs is 1. The van der Waals surface area contributed by atoms with Gasteiger partial charge in [-0.1, -0.05) is 0 Å². The van der Waals surface area contributed by atoms with Crippen molar-refractivity contribution in [2.75, 3.05) is 5.32 Å². The van der Waals surface area contributed by atoms with Crippen molar-refractivity contribution in [1.82, 2.24) is 24.8 Å². The summed E-state index contributed by atoms with van der Waals surface area (Å²) in [5.41, 5.74) is 0.923. The van der Waals surface area contributed by atoms with Gasteiger partial charge in [0.2, 0.25) is 5.28 Å². The Hall–Kier alpha value is -2.09. The number of nitrogens with zero attached hydrogens (tertiary/aromatic N) is 4. The molecule has 1 saturated carbocycles. The quantitative estimate of drug-likeness (QED) is 0.732. The van der Waals surface area contributed by atoms with E-state index in [9.17, 15) is 4.79 Å². The minimum absolute atomic E-state index is 0.0575. The number of hydrogen-bond acceptors (Lipinski definition) is 6. The number of amides is 1. The van der Waals surface area contributed by atoms with Gasteiger partial charge in [0.1, 0.15) is 5.60 Å². The molecule has 2 aromatic heterocycles. The molecular weight excluding hydrogens is 380 g/mol. The van der Waals surface area contributed by atoms with Crippen LogP contribution in [0.1, 0.15) is 66.3 Å². The first kappa shape index (κ1) is 20.6. The van der Waals surface area contributed by atoms with Gasteiger partial charge >= 0.3 is 6.09 Å². The summed E-state index contributed by atoms with van der Waals surface area (Å²) in [6, 6.07) is 0.440. The fraction of sp³-hybridized carbons (Fsp3) is 0.684. The SMILES string of the molecule is CC(C)n1cnc2c(NC3CCCC(NC(=O)OC(C)(C)C)C3)nc(Cl)nc21. The molecule has 0 aromatic carbocycles. The second kappa shape index (κ2) is 8.11. The molecule has 8 nitrogen and oxygen atoms in total. The van der Waals surface area contributed by atoms with Gasteiger partial charge in [-0.2, -0.15) is 9.97 Å². The number of alkyl carbamates (subject to hydrolysis) is 1. The van der Waals surface area contributed by atoms with Gasteiger partial charge in [-0.3, -0.25) is 0 Å². The lowest BCUT2D eigenvalue weighted by molar-refractivity contribution is 0.0492. The van der Waals surface area contributed by atoms with E-state index in [1.54, 1.807) is 6.33 Å². The molecule has 2 N–H and O–H groups in total. The molecule has 28 heavy (non-hydrogen) atoms. The van der Waals surface area contributed by atoms with Crippen molar-refractivity contribution < 1.29 is 9.53 Å². The molecule has 0 spiro atoms. The molecule has 0 aliphatic heterocycles. The van der Waals surface area contributed by atoms with Gasteiger partial charge in [-0.25, -0.2) is 9.78 Å². The Morgan fingerprint density at radius 3 is 2.68 bits per heavy atom. The molecule has 9 heteroatoms. The van der Waals surface area contributed by atoms with Crippen LogP contribution >= 0.6 is 11.6 Å². The first-order valence-corrected chi connectivity index (χ1v) is 10.2. The molecule has 0 bridgehead atoms. The van der Waals surface area contributed by atoms with Crippen LogP contribution in [-0.4, -0.2) is 43.3 Å². The van der Waals surface area contributed by atoms with Crippen LogP contribution in [0.5, 0.6) is 0 Å². The molecule has 2 atom stereocenters. The van der Waals surface area contributed by atoms with Gasteiger partial charge in [0.15, 0.2) is 17.0 Å². The summed E-state index contributed by atoms with van der Waals surface area (Å²) < 4.78 is 7.35. The third kappa shape index (κ3) is 5.04. The highest BCUT2D eigenvalue weighted by Crippen LogP contribution is 2.27. The van der Waals surface area contributed by atoms with E-state index < -0.39 is 5.60 Å². The van der Waals surface area contributed by atoms with Crippen molar-refractivity contribution >= 4 is 34.7 Å². The Kier molecular flexibility index (Phi) is 5.98. The largest absolute Gasteiger partial charge is 0.444 e. The summed E-state index contributed by atoms with van der Waals surface area (Å²) in [5, 5.41) is 6.64. The Bertz CT molecular complexity index is 845. The molecule has 1 aliphatic carbocycles. The molecular formula is C19H29ClN6O2. The summed E-state index contributed by atoms with van der Waals surface area (Å²) in [5.74, 6) is 0.636. The Morgan fingerprint density at radius 1 is 1.29 bits per heavy atom. The van der Waals surface area contributed by atoms with Crippen LogP contribution in [0.15, 0.2) is 6.33 Å². The van der Waals surface area contributed by atoms with Crippen molar-refractivity contribution in [2.45, 2.75) is 84.0 Å². The zero-order valence-corrected chi connectivity index (χ0v) is 17.9. The molecule has 3 rings (SSSR count). The maximum Gasteiger partial charge on any atom is 0.407 e. The minimum Gasteiger partial charge on any atom is -0.444 e. The first-order chi connectivity index (χ1) is 13.1. The third-order valence-corrected chi connectivity index (χ3v) is 4.86. The number of nitrogens with one attached hydrogen (secondary N) is 2. The highest BCUT2D eigenvalue weighted by molar-refractivity contribution is 6.28. The fourth-order valence-corrected chi connectivity index (χ4v) is 3.65. The average molecular weight is 409 g/mol. The average Bonchev–Trinajstić information content (AvgIpc) is 2.97. The lowest BCUT2D eigenvalue weighted by atomic mass is 9.91. The maximum atomic E-state index is 12.1. The fourth-order valence-electron chi connectivity index (χ4n) is 3.49. The number of halogens is 1. The predicted octanol–water partition coefficient (Wildman–Crippen LogP) is 4.31. The highest BCUT2D eigenvalue weighted by Gasteiger charge is 2.26. The third-order valence-electron chi connectivity index (χ3n) is 4.69. The van der Waals surface area contributed by atoms with Crippen LogP contribution in [0.2, 0.25) is 5.28 Å². The zero-order valence-electron chi connectivity index (χ0n) is 17.1. The minimum atomic E-state index is -0.505. The van der Waals surface area contributed by atoms with Crippen LogP contribution < -0.4 is 10.6 Å². The highest BCUT2D eigenvalue weighted by atomic mass is 35.5. The van der Waals surface area contributed by atoms with E-state index in [1.165, 1.54) is 0 Å². The number of carbonyl (C=O) groups excluding carboxylic acids is 1. The van der Waals surface area contributed by atoms with Crippen molar-refractivity contribution in [1.29, 1.82) is 0 Å². The van der Waals surface area contributed by atoms with Crippen LogP contribution in [0.3, 0.4) is 0 Å². The molecule has 2 aromatic rings. The predicted molar refractivity (Wildman–Crippen MR) is 110 cm³/mol. The molecule has 1 amide bonds. The topological polar surface area (TPSA) is 94.0 Å². The number of carbonyl (C=O) groups is 1. The van der Waals surface area contributed by atoms with E-state index in [-0.39, 0.29) is 29.5 Å². The smallest absolute Gasteiger partial charge is 0.407 e. The van der Waals surface area contributed by atoms with Gasteiger partial charge in [-0.05, 0) is 71.9 Å². The van der Waals surface area contributed by atoms with Crippen molar-refractivity contribution in [3.05, 3.63) is 11.6 Å². The summed E-state index contributed by atoms with van der Waals surface area (Å²) in [4.78, 5) is 25.3. The maximum absolute atomic E-state index is 12.1. The number of aromatic nitrogens is 4. The summed E-state index contributed by atoms with van der Waals surface area (Å²) in [7, 11) is 0. The van der Waals surface area contributed by atoms with Gasteiger partial charge in [0.25, 0.3) is 0 Å². The van der Waals surface area contributed by atoms with Gasteiger partial charge in [-0.15, -0.1) is 0 Å². The lowest BCUT2D eigenvalue weighted by Gasteiger charge is -2.31. The second-order valence-corrected chi connectivity index (χ2v) is 8.95. The summed E-state index contributed by atoms with van der Waals surface area (Å²) in [6.07, 6.45) is 5.09. The van der Waals surface area contributed by atoms with Crippen LogP contribution in [0.4, 0.5) is 10.6 Å². The molecule has 0 radical (unpaired) electrons. The summed E-state index contributed by atoms with van der Waals surface area (Å²) >= 11 is 6.16. The standard InChI is InChI=1S/C19H29ClN6O2/c1-11(2)26-10-21-14-15(24-17(20)25-16(14)26)22-12-7-6-8-13(9-12)23-18(27)28-19(3,4)5/h10-13H,6-9H2,1-5H3,(H,23,27)(H,22,24,25). The van der Waals surface area contributed by atoms with Crippen molar-refractivity contribution in [3.8, 4) is 0 Å². The molecule has 0 saturated heterocycles. The Morgan fingerprint density at radius 2 is 2.00 bits per heavy atom. The van der Waals surface area contributed by atoms with Crippen molar-refractivity contribution in [3.63, 3.8) is 0 Å². The van der Waals surface area contributed by atoms with E-state index in [0.29, 0.717) is 11.3 Å². The summed E-state index contributed by atoms with van der Waals surface area (Å²) in [6.45, 7) is 9.71. The number of rotatable bonds is 4. The normalized spacial score (nSPS) is 20.4. The van der Waals surface area contributed by atoms with Crippen LogP contribution in [0, 0.1) is 0 Å². The molecule has 1 fully saturated rings. The molecule has 2 heterocycles. The number of ether oxygens (including phenoxy) is 1. The molecule has 2 unspecified atom stereocenters. The van der Waals surface area contributed by atoms with Crippen LogP contribution in [0.25, 0.3) is 11.2 Å². The van der Waals surface area contributed by atoms with E-state index in [2.05, 4.69) is 39.4 Å². The van der Waals surface area contributed by atoms with Gasteiger partial charge in [0.05, 0.1) is 6.33 Å². The van der Waals surface area contributed by atoms with Gasteiger partial charge < -0.3 is 19.9 Å². The van der Waals surface area contributed by atoms with Crippen molar-refractivity contribution in [2.24, 2.45) is 0 Å². The number of imidazole rings is 1. The van der Waals surface area contributed by atoms with E-state index in [0.717, 1.165) is 31.3 Å². The lowest BCUT2D eigenvalue weighted by Crippen LogP contribution is -2.44. The number of hydrogen-bond donors (Lipinski definition) is 2. The Labute approximate surface area is 170 Å². The van der Waals surface area contributed by atoms with Crippen LogP contribution in [-0.2, 0) is 4.74 Å². The first-order valence-electron chi connectivity index (χ1n) is 9.78. The number of anilines is 1. The molecule has 1 aliphatic rings. The van der Waals surface area contributed by atoms with E-state index >= 15 is 0 Å². The molecule has 154 valence electrons. The Balaban J connectivity index is 1.71. The van der Waals surface area contributed by atoms with E-state index in [1.807, 2.05) is 25.3 Å².